The van der Waals surface area contributed by atoms with Crippen molar-refractivity contribution < 1.29 is 18.0 Å². The van der Waals surface area contributed by atoms with Crippen LogP contribution in [0.2, 0.25) is 0 Å². The number of rotatable bonds is 4. The first-order chi connectivity index (χ1) is 12.4. The van der Waals surface area contributed by atoms with E-state index in [9.17, 15) is 18.0 Å². The molecule has 0 aromatic heterocycles. The molecule has 1 heterocycles. The fourth-order valence-electron chi connectivity index (χ4n) is 3.03. The molecule has 0 aliphatic carbocycles. The topological polar surface area (TPSA) is 44.7 Å². The standard InChI is InChI=1S/C19H18F3N3O/c20-19(21,22)16-9-3-1-7-15(16)12-23-24-18(26)13-25-11-5-8-14-6-2-4-10-17(14)25/h1-4,6-7,9-10,12H,5,8,11,13H2,(H,24,26)/b23-12+. The first-order valence-corrected chi connectivity index (χ1v) is 8.26. The number of amides is 1. The third-order valence-electron chi connectivity index (χ3n) is 4.20. The molecule has 1 aliphatic rings. The Morgan fingerprint density at radius 1 is 1.15 bits per heavy atom. The van der Waals surface area contributed by atoms with E-state index in [0.717, 1.165) is 37.4 Å². The van der Waals surface area contributed by atoms with Gasteiger partial charge in [-0.25, -0.2) is 5.43 Å². The van der Waals surface area contributed by atoms with Crippen molar-refractivity contribution in [3.05, 3.63) is 65.2 Å². The van der Waals surface area contributed by atoms with Crippen LogP contribution in [0.15, 0.2) is 53.6 Å². The number of halogens is 3. The van der Waals surface area contributed by atoms with E-state index in [1.807, 2.05) is 29.2 Å². The normalized spacial score (nSPS) is 14.3. The summed E-state index contributed by atoms with van der Waals surface area (Å²) < 4.78 is 38.8. The quantitative estimate of drug-likeness (QED) is 0.668. The molecule has 0 fully saturated rings. The van der Waals surface area contributed by atoms with Crippen molar-refractivity contribution in [2.24, 2.45) is 5.10 Å². The van der Waals surface area contributed by atoms with Crippen LogP contribution < -0.4 is 10.3 Å². The van der Waals surface area contributed by atoms with E-state index in [1.54, 1.807) is 0 Å². The summed E-state index contributed by atoms with van der Waals surface area (Å²) in [4.78, 5) is 14.1. The van der Waals surface area contributed by atoms with E-state index in [2.05, 4.69) is 10.5 Å². The number of benzene rings is 2. The van der Waals surface area contributed by atoms with E-state index >= 15 is 0 Å². The van der Waals surface area contributed by atoms with Gasteiger partial charge in [-0.2, -0.15) is 18.3 Å². The van der Waals surface area contributed by atoms with Gasteiger partial charge in [-0.15, -0.1) is 0 Å². The zero-order valence-electron chi connectivity index (χ0n) is 14.0. The van der Waals surface area contributed by atoms with Crippen molar-refractivity contribution in [1.82, 2.24) is 5.43 Å². The van der Waals surface area contributed by atoms with Gasteiger partial charge in [0.1, 0.15) is 0 Å². The largest absolute Gasteiger partial charge is 0.417 e. The Kier molecular flexibility index (Phi) is 5.25. The average molecular weight is 361 g/mol. The van der Waals surface area contributed by atoms with Gasteiger partial charge in [-0.3, -0.25) is 4.79 Å². The second-order valence-electron chi connectivity index (χ2n) is 6.03. The molecule has 4 nitrogen and oxygen atoms in total. The summed E-state index contributed by atoms with van der Waals surface area (Å²) in [6, 6.07) is 13.0. The van der Waals surface area contributed by atoms with Crippen molar-refractivity contribution in [1.29, 1.82) is 0 Å². The first-order valence-electron chi connectivity index (χ1n) is 8.26. The summed E-state index contributed by atoms with van der Waals surface area (Å²) in [6.07, 6.45) is -1.53. The maximum atomic E-state index is 12.9. The Morgan fingerprint density at radius 3 is 2.69 bits per heavy atom. The Balaban J connectivity index is 1.63. The van der Waals surface area contributed by atoms with Gasteiger partial charge in [0.05, 0.1) is 18.3 Å². The molecule has 136 valence electrons. The predicted molar refractivity (Wildman–Crippen MR) is 94.2 cm³/mol. The molecule has 1 aliphatic heterocycles. The van der Waals surface area contributed by atoms with Gasteiger partial charge in [0, 0.05) is 17.8 Å². The highest BCUT2D eigenvalue weighted by Gasteiger charge is 2.32. The summed E-state index contributed by atoms with van der Waals surface area (Å²) in [5.41, 5.74) is 3.63. The molecule has 2 aromatic rings. The van der Waals surface area contributed by atoms with Crippen LogP contribution in [0.3, 0.4) is 0 Å². The van der Waals surface area contributed by atoms with Crippen LogP contribution in [-0.4, -0.2) is 25.2 Å². The Hall–Kier alpha value is -2.83. The van der Waals surface area contributed by atoms with Crippen molar-refractivity contribution in [3.8, 4) is 0 Å². The SMILES string of the molecule is O=C(CN1CCCc2ccccc21)N/N=C/c1ccccc1C(F)(F)F. The maximum absolute atomic E-state index is 12.9. The minimum Gasteiger partial charge on any atom is -0.362 e. The van der Waals surface area contributed by atoms with Crippen molar-refractivity contribution >= 4 is 17.8 Å². The van der Waals surface area contributed by atoms with Crippen LogP contribution in [0.4, 0.5) is 18.9 Å². The summed E-state index contributed by atoms with van der Waals surface area (Å²) >= 11 is 0. The zero-order valence-corrected chi connectivity index (χ0v) is 14.0. The maximum Gasteiger partial charge on any atom is 0.417 e. The smallest absolute Gasteiger partial charge is 0.362 e. The zero-order chi connectivity index (χ0) is 18.6. The van der Waals surface area contributed by atoms with Crippen LogP contribution in [0, 0.1) is 0 Å². The summed E-state index contributed by atoms with van der Waals surface area (Å²) in [5, 5.41) is 3.69. The molecule has 0 saturated heterocycles. The number of hydrogen-bond acceptors (Lipinski definition) is 3. The van der Waals surface area contributed by atoms with Gasteiger partial charge in [0.25, 0.3) is 5.91 Å². The van der Waals surface area contributed by atoms with E-state index in [-0.39, 0.29) is 18.0 Å². The predicted octanol–water partition coefficient (Wildman–Crippen LogP) is 3.61. The second-order valence-corrected chi connectivity index (χ2v) is 6.03. The summed E-state index contributed by atoms with van der Waals surface area (Å²) in [6.45, 7) is 0.861. The number of hydrazone groups is 1. The van der Waals surface area contributed by atoms with Gasteiger partial charge in [0.15, 0.2) is 0 Å². The summed E-state index contributed by atoms with van der Waals surface area (Å²) in [7, 11) is 0. The van der Waals surface area contributed by atoms with E-state index in [1.165, 1.54) is 23.8 Å². The molecular weight excluding hydrogens is 343 g/mol. The Labute approximate surface area is 149 Å². The Morgan fingerprint density at radius 2 is 1.88 bits per heavy atom. The lowest BCUT2D eigenvalue weighted by atomic mass is 10.0. The Bertz CT molecular complexity index is 818. The molecule has 0 radical (unpaired) electrons. The average Bonchev–Trinajstić information content (AvgIpc) is 2.62. The number of alkyl halides is 3. The molecule has 3 rings (SSSR count). The molecule has 1 amide bonds. The molecule has 1 N–H and O–H groups in total. The minimum atomic E-state index is -4.47. The molecule has 0 saturated carbocycles. The number of carbonyl (C=O) groups is 1. The number of anilines is 1. The van der Waals surface area contributed by atoms with E-state index in [0.29, 0.717) is 0 Å². The van der Waals surface area contributed by atoms with Gasteiger partial charge in [-0.1, -0.05) is 36.4 Å². The number of aryl methyl sites for hydroxylation is 1. The lowest BCUT2D eigenvalue weighted by Gasteiger charge is -2.30. The van der Waals surface area contributed by atoms with Crippen LogP contribution in [0.5, 0.6) is 0 Å². The number of carbonyl (C=O) groups excluding carboxylic acids is 1. The van der Waals surface area contributed by atoms with Gasteiger partial charge in [-0.05, 0) is 30.5 Å². The fourth-order valence-corrected chi connectivity index (χ4v) is 3.03. The van der Waals surface area contributed by atoms with Crippen LogP contribution in [0.1, 0.15) is 23.1 Å². The summed E-state index contributed by atoms with van der Waals surface area (Å²) in [5.74, 6) is -0.373. The van der Waals surface area contributed by atoms with Crippen LogP contribution in [-0.2, 0) is 17.4 Å². The number of hydrogen-bond donors (Lipinski definition) is 1. The number of fused-ring (bicyclic) bond motifs is 1. The van der Waals surface area contributed by atoms with Crippen LogP contribution in [0.25, 0.3) is 0 Å². The third kappa shape index (κ3) is 4.22. The molecule has 0 atom stereocenters. The van der Waals surface area contributed by atoms with Crippen molar-refractivity contribution in [2.75, 3.05) is 18.0 Å². The molecular formula is C19H18F3N3O. The van der Waals surface area contributed by atoms with Gasteiger partial charge >= 0.3 is 6.18 Å². The number of nitrogens with zero attached hydrogens (tertiary/aromatic N) is 2. The molecule has 0 unspecified atom stereocenters. The lowest BCUT2D eigenvalue weighted by Crippen LogP contribution is -2.38. The fraction of sp³-hybridized carbons (Fsp3) is 0.263. The molecule has 26 heavy (non-hydrogen) atoms. The highest BCUT2D eigenvalue weighted by molar-refractivity contribution is 5.86. The van der Waals surface area contributed by atoms with Gasteiger partial charge < -0.3 is 4.90 Å². The lowest BCUT2D eigenvalue weighted by molar-refractivity contribution is -0.137. The molecule has 0 bridgehead atoms. The molecule has 2 aromatic carbocycles. The molecule has 7 heteroatoms. The van der Waals surface area contributed by atoms with Crippen LogP contribution >= 0.6 is 0 Å². The number of para-hydroxylation sites is 1. The van der Waals surface area contributed by atoms with Gasteiger partial charge in [0.2, 0.25) is 0 Å². The van der Waals surface area contributed by atoms with Crippen molar-refractivity contribution in [2.45, 2.75) is 19.0 Å². The van der Waals surface area contributed by atoms with Crippen molar-refractivity contribution in [3.63, 3.8) is 0 Å². The van der Waals surface area contributed by atoms with E-state index < -0.39 is 11.7 Å². The number of nitrogens with one attached hydrogen (secondary N) is 1. The van der Waals surface area contributed by atoms with E-state index in [4.69, 9.17) is 0 Å². The first kappa shape index (κ1) is 18.0. The third-order valence-corrected chi connectivity index (χ3v) is 4.20. The monoisotopic (exact) mass is 361 g/mol. The molecule has 0 spiro atoms. The highest BCUT2D eigenvalue weighted by Crippen LogP contribution is 2.31. The highest BCUT2D eigenvalue weighted by atomic mass is 19.4. The second kappa shape index (κ2) is 7.59. The minimum absolute atomic E-state index is 0.0939.